The molecule has 7 nitrogen and oxygen atoms in total. The van der Waals surface area contributed by atoms with Crippen LogP contribution in [0.25, 0.3) is 0 Å². The number of aromatic nitrogens is 2. The van der Waals surface area contributed by atoms with Crippen LogP contribution in [-0.4, -0.2) is 50.4 Å². The molecule has 1 unspecified atom stereocenters. The summed E-state index contributed by atoms with van der Waals surface area (Å²) >= 11 is 0. The lowest BCUT2D eigenvalue weighted by Gasteiger charge is -2.18. The normalized spacial score (nSPS) is 16.4. The second kappa shape index (κ2) is 8.03. The molecule has 1 aliphatic rings. The number of hydrogen-bond acceptors (Lipinski definition) is 7. The Kier molecular flexibility index (Phi) is 5.55. The average molecular weight is 357 g/mol. The first-order chi connectivity index (χ1) is 12.6. The van der Waals surface area contributed by atoms with E-state index in [4.69, 9.17) is 14.2 Å². The summed E-state index contributed by atoms with van der Waals surface area (Å²) in [6, 6.07) is 9.75. The van der Waals surface area contributed by atoms with Gasteiger partial charge in [0.15, 0.2) is 0 Å². The van der Waals surface area contributed by atoms with Gasteiger partial charge in [-0.3, -0.25) is 0 Å². The van der Waals surface area contributed by atoms with Crippen molar-refractivity contribution in [3.63, 3.8) is 0 Å². The van der Waals surface area contributed by atoms with E-state index in [0.717, 1.165) is 31.7 Å². The molecule has 1 fully saturated rings. The number of methoxy groups -OCH3 is 3. The molecular weight excluding hydrogens is 334 g/mol. The number of carbonyl (C=O) groups excluding carboxylic acids is 1. The predicted molar refractivity (Wildman–Crippen MR) is 96.9 cm³/mol. The van der Waals surface area contributed by atoms with Crippen molar-refractivity contribution >= 4 is 11.8 Å². The largest absolute Gasteiger partial charge is 0.481 e. The van der Waals surface area contributed by atoms with Crippen molar-refractivity contribution in [1.29, 1.82) is 0 Å². The molecule has 1 atom stereocenters. The van der Waals surface area contributed by atoms with Crippen molar-refractivity contribution in [1.82, 2.24) is 9.97 Å². The average Bonchev–Trinajstić information content (AvgIpc) is 3.16. The van der Waals surface area contributed by atoms with Crippen molar-refractivity contribution in [2.75, 3.05) is 39.3 Å². The zero-order valence-corrected chi connectivity index (χ0v) is 15.3. The van der Waals surface area contributed by atoms with Crippen LogP contribution >= 0.6 is 0 Å². The Morgan fingerprint density at radius 2 is 1.92 bits per heavy atom. The second-order valence-electron chi connectivity index (χ2n) is 6.25. The molecule has 0 aliphatic carbocycles. The van der Waals surface area contributed by atoms with Crippen molar-refractivity contribution in [3.8, 4) is 11.9 Å². The van der Waals surface area contributed by atoms with Crippen molar-refractivity contribution < 1.29 is 19.0 Å². The number of benzene rings is 1. The van der Waals surface area contributed by atoms with E-state index >= 15 is 0 Å². The van der Waals surface area contributed by atoms with Crippen LogP contribution in [0, 0.1) is 5.92 Å². The van der Waals surface area contributed by atoms with Gasteiger partial charge in [-0.1, -0.05) is 12.1 Å². The van der Waals surface area contributed by atoms with E-state index in [2.05, 4.69) is 14.9 Å². The van der Waals surface area contributed by atoms with E-state index in [0.29, 0.717) is 23.4 Å². The minimum absolute atomic E-state index is 0.307. The van der Waals surface area contributed by atoms with Gasteiger partial charge in [0.2, 0.25) is 5.88 Å². The monoisotopic (exact) mass is 357 g/mol. The third kappa shape index (κ3) is 4.04. The van der Waals surface area contributed by atoms with Crippen molar-refractivity contribution in [2.45, 2.75) is 12.8 Å². The molecular formula is C19H23N3O4. The lowest BCUT2D eigenvalue weighted by atomic mass is 9.98. The predicted octanol–water partition coefficient (Wildman–Crippen LogP) is 2.35. The Morgan fingerprint density at radius 1 is 1.15 bits per heavy atom. The Labute approximate surface area is 152 Å². The van der Waals surface area contributed by atoms with Crippen LogP contribution in [0.2, 0.25) is 0 Å². The van der Waals surface area contributed by atoms with Crippen LogP contribution < -0.4 is 14.4 Å². The maximum Gasteiger partial charge on any atom is 0.337 e. The number of rotatable bonds is 6. The molecule has 3 rings (SSSR count). The van der Waals surface area contributed by atoms with Gasteiger partial charge in [-0.15, -0.1) is 0 Å². The highest BCUT2D eigenvalue weighted by atomic mass is 16.5. The van der Waals surface area contributed by atoms with E-state index in [9.17, 15) is 4.79 Å². The molecule has 0 bridgehead atoms. The van der Waals surface area contributed by atoms with Crippen LogP contribution in [0.5, 0.6) is 11.9 Å². The van der Waals surface area contributed by atoms with Crippen LogP contribution in [-0.2, 0) is 11.2 Å². The van der Waals surface area contributed by atoms with Gasteiger partial charge in [0.05, 0.1) is 26.9 Å². The standard InChI is InChI=1S/C19H23N3O4/c1-24-17-11-16(20-19(21-17)26-3)22-9-8-14(12-22)10-13-4-6-15(7-5-13)18(23)25-2/h4-7,11,14H,8-10,12H2,1-3H3. The number of ether oxygens (including phenoxy) is 3. The van der Waals surface area contributed by atoms with Crippen LogP contribution in [0.15, 0.2) is 30.3 Å². The Bertz CT molecular complexity index is 742. The number of carbonyl (C=O) groups is 1. The molecule has 2 aromatic rings. The molecule has 2 heterocycles. The first kappa shape index (κ1) is 18.0. The number of hydrogen-bond donors (Lipinski definition) is 0. The van der Waals surface area contributed by atoms with E-state index in [1.807, 2.05) is 30.3 Å². The first-order valence-corrected chi connectivity index (χ1v) is 8.52. The summed E-state index contributed by atoms with van der Waals surface area (Å²) in [5, 5.41) is 0. The number of anilines is 1. The Morgan fingerprint density at radius 3 is 2.58 bits per heavy atom. The van der Waals surface area contributed by atoms with Gasteiger partial charge >= 0.3 is 12.0 Å². The molecule has 1 aliphatic heterocycles. The molecule has 0 spiro atoms. The molecule has 1 aromatic heterocycles. The fourth-order valence-electron chi connectivity index (χ4n) is 3.19. The third-order valence-corrected chi connectivity index (χ3v) is 4.57. The smallest absolute Gasteiger partial charge is 0.337 e. The summed E-state index contributed by atoms with van der Waals surface area (Å²) in [6.07, 6.45) is 2.03. The fourth-order valence-corrected chi connectivity index (χ4v) is 3.19. The van der Waals surface area contributed by atoms with Gasteiger partial charge in [0, 0.05) is 19.2 Å². The first-order valence-electron chi connectivity index (χ1n) is 8.52. The zero-order valence-electron chi connectivity index (χ0n) is 15.3. The van der Waals surface area contributed by atoms with Gasteiger partial charge in [-0.2, -0.15) is 9.97 Å². The quantitative estimate of drug-likeness (QED) is 0.735. The minimum atomic E-state index is -0.310. The highest BCUT2D eigenvalue weighted by Gasteiger charge is 2.25. The summed E-state index contributed by atoms with van der Waals surface area (Å²) in [5.41, 5.74) is 1.78. The van der Waals surface area contributed by atoms with Crippen molar-refractivity contribution in [3.05, 3.63) is 41.5 Å². The van der Waals surface area contributed by atoms with Gasteiger partial charge in [0.25, 0.3) is 0 Å². The summed E-state index contributed by atoms with van der Waals surface area (Å²) < 4.78 is 15.1. The summed E-state index contributed by atoms with van der Waals surface area (Å²) in [7, 11) is 4.51. The van der Waals surface area contributed by atoms with Gasteiger partial charge in [0.1, 0.15) is 5.82 Å². The Balaban J connectivity index is 1.64. The summed E-state index contributed by atoms with van der Waals surface area (Å²) in [6.45, 7) is 1.83. The third-order valence-electron chi connectivity index (χ3n) is 4.57. The van der Waals surface area contributed by atoms with E-state index in [1.165, 1.54) is 12.7 Å². The maximum absolute atomic E-state index is 11.5. The maximum atomic E-state index is 11.5. The lowest BCUT2D eigenvalue weighted by Crippen LogP contribution is -2.21. The highest BCUT2D eigenvalue weighted by Crippen LogP contribution is 2.28. The molecule has 1 aromatic carbocycles. The van der Waals surface area contributed by atoms with Gasteiger partial charge in [-0.25, -0.2) is 4.79 Å². The highest BCUT2D eigenvalue weighted by molar-refractivity contribution is 5.89. The zero-order chi connectivity index (χ0) is 18.5. The van der Waals surface area contributed by atoms with E-state index in [1.54, 1.807) is 14.2 Å². The summed E-state index contributed by atoms with van der Waals surface area (Å²) in [4.78, 5) is 22.3. The van der Waals surface area contributed by atoms with Crippen LogP contribution in [0.3, 0.4) is 0 Å². The van der Waals surface area contributed by atoms with Crippen molar-refractivity contribution in [2.24, 2.45) is 5.92 Å². The topological polar surface area (TPSA) is 73.8 Å². The molecule has 0 amide bonds. The Hall–Kier alpha value is -2.83. The molecule has 0 saturated carbocycles. The summed E-state index contributed by atoms with van der Waals surface area (Å²) in [5.74, 6) is 1.52. The lowest BCUT2D eigenvalue weighted by molar-refractivity contribution is 0.0600. The molecule has 26 heavy (non-hydrogen) atoms. The van der Waals surface area contributed by atoms with E-state index < -0.39 is 0 Å². The molecule has 1 saturated heterocycles. The fraction of sp³-hybridized carbons (Fsp3) is 0.421. The van der Waals surface area contributed by atoms with Crippen LogP contribution in [0.1, 0.15) is 22.3 Å². The molecule has 0 radical (unpaired) electrons. The van der Waals surface area contributed by atoms with Gasteiger partial charge in [-0.05, 0) is 36.5 Å². The number of esters is 1. The van der Waals surface area contributed by atoms with Crippen LogP contribution in [0.4, 0.5) is 5.82 Å². The second-order valence-corrected chi connectivity index (χ2v) is 6.25. The molecule has 138 valence electrons. The number of nitrogens with zero attached hydrogens (tertiary/aromatic N) is 3. The SMILES string of the molecule is COC(=O)c1ccc(CC2CCN(c3cc(OC)nc(OC)n3)C2)cc1. The minimum Gasteiger partial charge on any atom is -0.481 e. The van der Waals surface area contributed by atoms with Gasteiger partial charge < -0.3 is 19.1 Å². The molecule has 0 N–H and O–H groups in total. The van der Waals surface area contributed by atoms with E-state index in [-0.39, 0.29) is 5.97 Å². The molecule has 7 heteroatoms.